The largest absolute Gasteiger partial charge is 0.495 e. The minimum absolute atomic E-state index is 0.629. The number of anilines is 1. The van der Waals surface area contributed by atoms with Gasteiger partial charge in [0.25, 0.3) is 0 Å². The normalized spacial score (nSPS) is 14.4. The molecule has 1 saturated heterocycles. The Hall–Kier alpha value is -1.93. The highest BCUT2D eigenvalue weighted by Gasteiger charge is 2.15. The van der Waals surface area contributed by atoms with Crippen LogP contribution in [0.15, 0.2) is 42.7 Å². The van der Waals surface area contributed by atoms with Crippen LogP contribution in [-0.4, -0.2) is 66.4 Å². The zero-order valence-corrected chi connectivity index (χ0v) is 18.2. The van der Waals surface area contributed by atoms with Crippen molar-refractivity contribution in [2.75, 3.05) is 51.8 Å². The number of morpholine rings is 1. The highest BCUT2D eigenvalue weighted by Crippen LogP contribution is 2.28. The molecule has 1 aliphatic rings. The molecule has 0 unspecified atom stereocenters. The summed E-state index contributed by atoms with van der Waals surface area (Å²) in [4.78, 5) is 8.71. The number of aromatic nitrogens is 1. The SMILES string of the molecule is COc1ccc(Cl)cc1NC(=S)N(CCCN1CCOCC1)Cc1ccncc1. The van der Waals surface area contributed by atoms with Crippen LogP contribution < -0.4 is 10.1 Å². The number of pyridine rings is 1. The van der Waals surface area contributed by atoms with Gasteiger partial charge in [0.1, 0.15) is 5.75 Å². The standard InChI is InChI=1S/C21H27ClN4O2S/c1-27-20-4-3-18(22)15-19(20)24-21(29)26(16-17-5-7-23-8-6-17)10-2-9-25-11-13-28-14-12-25/h3-8,15H,2,9-14,16H2,1H3,(H,24,29). The van der Waals surface area contributed by atoms with E-state index in [0.717, 1.165) is 57.1 Å². The Balaban J connectivity index is 1.66. The van der Waals surface area contributed by atoms with E-state index in [9.17, 15) is 0 Å². The number of nitrogens with zero attached hydrogens (tertiary/aromatic N) is 3. The molecule has 1 aromatic carbocycles. The number of methoxy groups -OCH3 is 1. The van der Waals surface area contributed by atoms with E-state index in [-0.39, 0.29) is 0 Å². The molecule has 8 heteroatoms. The molecule has 0 saturated carbocycles. The van der Waals surface area contributed by atoms with Gasteiger partial charge >= 0.3 is 0 Å². The van der Waals surface area contributed by atoms with Gasteiger partial charge in [-0.3, -0.25) is 9.88 Å². The van der Waals surface area contributed by atoms with Crippen molar-refractivity contribution in [2.24, 2.45) is 0 Å². The molecule has 29 heavy (non-hydrogen) atoms. The van der Waals surface area contributed by atoms with Crippen LogP contribution in [0.2, 0.25) is 5.02 Å². The van der Waals surface area contributed by atoms with E-state index in [1.54, 1.807) is 25.6 Å². The lowest BCUT2D eigenvalue weighted by molar-refractivity contribution is 0.0368. The Labute approximate surface area is 182 Å². The number of ether oxygens (including phenoxy) is 2. The van der Waals surface area contributed by atoms with Crippen molar-refractivity contribution in [3.05, 3.63) is 53.3 Å². The molecular weight excluding hydrogens is 408 g/mol. The maximum Gasteiger partial charge on any atom is 0.173 e. The van der Waals surface area contributed by atoms with Crippen molar-refractivity contribution in [1.29, 1.82) is 0 Å². The zero-order valence-electron chi connectivity index (χ0n) is 16.6. The van der Waals surface area contributed by atoms with Crippen molar-refractivity contribution >= 4 is 34.6 Å². The summed E-state index contributed by atoms with van der Waals surface area (Å²) in [5.41, 5.74) is 1.92. The van der Waals surface area contributed by atoms with Crippen LogP contribution in [0.1, 0.15) is 12.0 Å². The molecule has 2 aromatic rings. The van der Waals surface area contributed by atoms with E-state index in [0.29, 0.717) is 22.4 Å². The van der Waals surface area contributed by atoms with E-state index in [2.05, 4.69) is 20.1 Å². The van der Waals surface area contributed by atoms with Crippen molar-refractivity contribution < 1.29 is 9.47 Å². The molecule has 0 radical (unpaired) electrons. The van der Waals surface area contributed by atoms with Crippen LogP contribution in [0.5, 0.6) is 5.75 Å². The summed E-state index contributed by atoms with van der Waals surface area (Å²) in [7, 11) is 1.63. The van der Waals surface area contributed by atoms with Crippen molar-refractivity contribution in [3.63, 3.8) is 0 Å². The first-order valence-corrected chi connectivity index (χ1v) is 10.5. The first kappa shape index (κ1) is 21.8. The van der Waals surface area contributed by atoms with Gasteiger partial charge in [0.05, 0.1) is 26.0 Å². The van der Waals surface area contributed by atoms with Crippen molar-refractivity contribution in [2.45, 2.75) is 13.0 Å². The second-order valence-electron chi connectivity index (χ2n) is 6.86. The maximum absolute atomic E-state index is 6.16. The quantitative estimate of drug-likeness (QED) is 0.636. The zero-order chi connectivity index (χ0) is 20.5. The fourth-order valence-electron chi connectivity index (χ4n) is 3.24. The van der Waals surface area contributed by atoms with Crippen LogP contribution in [0.25, 0.3) is 0 Å². The summed E-state index contributed by atoms with van der Waals surface area (Å²) in [6.45, 7) is 6.19. The summed E-state index contributed by atoms with van der Waals surface area (Å²) >= 11 is 11.9. The molecule has 0 amide bonds. The number of thiocarbonyl (C=S) groups is 1. The summed E-state index contributed by atoms with van der Waals surface area (Å²) in [6, 6.07) is 9.48. The molecule has 1 aromatic heterocycles. The molecule has 0 bridgehead atoms. The highest BCUT2D eigenvalue weighted by atomic mass is 35.5. The maximum atomic E-state index is 6.16. The summed E-state index contributed by atoms with van der Waals surface area (Å²) < 4.78 is 10.9. The Morgan fingerprint density at radius 3 is 2.76 bits per heavy atom. The van der Waals surface area contributed by atoms with Crippen LogP contribution >= 0.6 is 23.8 Å². The van der Waals surface area contributed by atoms with Crippen LogP contribution in [-0.2, 0) is 11.3 Å². The van der Waals surface area contributed by atoms with Gasteiger partial charge in [-0.2, -0.15) is 0 Å². The van der Waals surface area contributed by atoms with Gasteiger partial charge < -0.3 is 19.7 Å². The van der Waals surface area contributed by atoms with Crippen molar-refractivity contribution in [3.8, 4) is 5.75 Å². The van der Waals surface area contributed by atoms with E-state index >= 15 is 0 Å². The molecule has 0 spiro atoms. The predicted octanol–water partition coefficient (Wildman–Crippen LogP) is 3.66. The van der Waals surface area contributed by atoms with E-state index in [1.165, 1.54) is 0 Å². The molecule has 1 N–H and O–H groups in total. The molecule has 1 aliphatic heterocycles. The van der Waals surface area contributed by atoms with Crippen LogP contribution in [0, 0.1) is 0 Å². The van der Waals surface area contributed by atoms with Crippen LogP contribution in [0.3, 0.4) is 0 Å². The minimum Gasteiger partial charge on any atom is -0.495 e. The number of nitrogens with one attached hydrogen (secondary N) is 1. The van der Waals surface area contributed by atoms with Gasteiger partial charge in [-0.1, -0.05) is 11.6 Å². The third-order valence-corrected chi connectivity index (χ3v) is 5.41. The number of halogens is 1. The minimum atomic E-state index is 0.629. The predicted molar refractivity (Wildman–Crippen MR) is 121 cm³/mol. The molecule has 0 atom stereocenters. The Bertz CT molecular complexity index is 788. The fraction of sp³-hybridized carbons (Fsp3) is 0.429. The third kappa shape index (κ3) is 6.82. The van der Waals surface area contributed by atoms with Gasteiger partial charge in [-0.05, 0) is 54.5 Å². The van der Waals surface area contributed by atoms with Crippen LogP contribution in [0.4, 0.5) is 5.69 Å². The first-order chi connectivity index (χ1) is 14.2. The van der Waals surface area contributed by atoms with E-state index in [1.807, 2.05) is 24.3 Å². The summed E-state index contributed by atoms with van der Waals surface area (Å²) in [5, 5.41) is 4.58. The lowest BCUT2D eigenvalue weighted by Gasteiger charge is -2.30. The number of rotatable bonds is 8. The highest BCUT2D eigenvalue weighted by molar-refractivity contribution is 7.80. The van der Waals surface area contributed by atoms with E-state index < -0.39 is 0 Å². The number of benzene rings is 1. The first-order valence-electron chi connectivity index (χ1n) is 9.74. The third-order valence-electron chi connectivity index (χ3n) is 4.82. The average Bonchev–Trinajstić information content (AvgIpc) is 2.75. The molecule has 2 heterocycles. The van der Waals surface area contributed by atoms with Crippen molar-refractivity contribution in [1.82, 2.24) is 14.8 Å². The van der Waals surface area contributed by atoms with Gasteiger partial charge in [0.15, 0.2) is 5.11 Å². The van der Waals surface area contributed by atoms with Gasteiger partial charge in [0.2, 0.25) is 0 Å². The van der Waals surface area contributed by atoms with Gasteiger partial charge in [-0.25, -0.2) is 0 Å². The molecule has 3 rings (SSSR count). The topological polar surface area (TPSA) is 49.9 Å². The lowest BCUT2D eigenvalue weighted by Crippen LogP contribution is -2.40. The second kappa shape index (κ2) is 11.3. The fourth-order valence-corrected chi connectivity index (χ4v) is 3.68. The number of hydrogen-bond donors (Lipinski definition) is 1. The second-order valence-corrected chi connectivity index (χ2v) is 7.68. The van der Waals surface area contributed by atoms with Gasteiger partial charge in [0, 0.05) is 50.1 Å². The molecular formula is C21H27ClN4O2S. The Morgan fingerprint density at radius 1 is 1.28 bits per heavy atom. The molecule has 6 nitrogen and oxygen atoms in total. The lowest BCUT2D eigenvalue weighted by atomic mass is 10.2. The van der Waals surface area contributed by atoms with Gasteiger partial charge in [-0.15, -0.1) is 0 Å². The summed E-state index contributed by atoms with van der Waals surface area (Å²) in [5.74, 6) is 0.703. The molecule has 0 aliphatic carbocycles. The number of hydrogen-bond acceptors (Lipinski definition) is 5. The Morgan fingerprint density at radius 2 is 2.03 bits per heavy atom. The average molecular weight is 435 g/mol. The monoisotopic (exact) mass is 434 g/mol. The van der Waals surface area contributed by atoms with E-state index in [4.69, 9.17) is 33.3 Å². The molecule has 1 fully saturated rings. The molecule has 156 valence electrons. The summed E-state index contributed by atoms with van der Waals surface area (Å²) in [6.07, 6.45) is 4.62. The smallest absolute Gasteiger partial charge is 0.173 e. The Kier molecular flexibility index (Phi) is 8.49.